The zero-order chi connectivity index (χ0) is 14.7. The fourth-order valence-corrected chi connectivity index (χ4v) is 1.54. The smallest absolute Gasteiger partial charge is 0.269 e. The Balaban J connectivity index is 0.00000220. The average Bonchev–Trinajstić information content (AvgIpc) is 2.46. The second kappa shape index (κ2) is 7.04. The van der Waals surface area contributed by atoms with Crippen LogP contribution in [0.4, 0.5) is 15.8 Å². The van der Waals surface area contributed by atoms with Gasteiger partial charge in [-0.25, -0.2) is 4.39 Å². The number of hydroxylamine groups is 1. The fraction of sp³-hybridized carbons (Fsp3) is 0. The fourth-order valence-electron chi connectivity index (χ4n) is 1.54. The van der Waals surface area contributed by atoms with E-state index in [1.54, 1.807) is 0 Å². The van der Waals surface area contributed by atoms with Crippen molar-refractivity contribution in [2.75, 3.05) is 5.06 Å². The molecule has 2 aromatic carbocycles. The van der Waals surface area contributed by atoms with Gasteiger partial charge < -0.3 is 10.3 Å². The summed E-state index contributed by atoms with van der Waals surface area (Å²) >= 11 is 0. The normalized spacial score (nSPS) is 9.62. The molecular formula is C13H8FN2O4Pd-. The van der Waals surface area contributed by atoms with Gasteiger partial charge in [0.05, 0.1) is 4.92 Å². The first-order valence-electron chi connectivity index (χ1n) is 5.50. The third kappa shape index (κ3) is 3.92. The Hall–Kier alpha value is -2.14. The number of nitrogens with zero attached hydrogens (tertiary/aromatic N) is 2. The van der Waals surface area contributed by atoms with E-state index < -0.39 is 16.6 Å². The van der Waals surface area contributed by atoms with Crippen molar-refractivity contribution in [3.8, 4) is 0 Å². The molecule has 0 fully saturated rings. The van der Waals surface area contributed by atoms with Crippen molar-refractivity contribution in [1.82, 2.24) is 0 Å². The molecule has 6 nitrogen and oxygen atoms in total. The number of hydrogen-bond acceptors (Lipinski definition) is 4. The largest absolute Gasteiger partial charge is 0.751 e. The summed E-state index contributed by atoms with van der Waals surface area (Å²) in [5.74, 6) is -1.41. The van der Waals surface area contributed by atoms with E-state index in [0.29, 0.717) is 0 Å². The van der Waals surface area contributed by atoms with Crippen LogP contribution in [0.1, 0.15) is 10.4 Å². The van der Waals surface area contributed by atoms with Gasteiger partial charge in [0.1, 0.15) is 5.82 Å². The maximum atomic E-state index is 12.7. The number of anilines is 1. The van der Waals surface area contributed by atoms with Crippen molar-refractivity contribution in [2.24, 2.45) is 0 Å². The van der Waals surface area contributed by atoms with E-state index in [4.69, 9.17) is 0 Å². The molecule has 0 heterocycles. The molecule has 21 heavy (non-hydrogen) atoms. The Morgan fingerprint density at radius 1 is 1.05 bits per heavy atom. The van der Waals surface area contributed by atoms with Gasteiger partial charge in [0.25, 0.3) is 5.69 Å². The van der Waals surface area contributed by atoms with Gasteiger partial charge >= 0.3 is 0 Å². The minimum atomic E-state index is -0.883. The SMILES string of the molecule is O=C(c1ccc([N+](=O)[O-])cc1)N([O-])c1ccc(F)cc1.[Pd]. The number of halogens is 1. The molecule has 0 radical (unpaired) electrons. The minimum Gasteiger partial charge on any atom is -0.751 e. The molecular weight excluding hydrogens is 374 g/mol. The van der Waals surface area contributed by atoms with E-state index >= 15 is 0 Å². The average molecular weight is 382 g/mol. The van der Waals surface area contributed by atoms with Crippen LogP contribution >= 0.6 is 0 Å². The minimum absolute atomic E-state index is 0. The Morgan fingerprint density at radius 2 is 1.57 bits per heavy atom. The Bertz CT molecular complexity index is 646. The number of hydrogen-bond donors (Lipinski definition) is 0. The summed E-state index contributed by atoms with van der Waals surface area (Å²) < 4.78 is 12.7. The summed E-state index contributed by atoms with van der Waals surface area (Å²) in [5.41, 5.74) is -0.189. The van der Waals surface area contributed by atoms with E-state index in [9.17, 15) is 24.5 Å². The molecule has 0 unspecified atom stereocenters. The molecule has 0 aliphatic rings. The van der Waals surface area contributed by atoms with E-state index in [0.717, 1.165) is 24.3 Å². The number of non-ortho nitro benzene ring substituents is 1. The van der Waals surface area contributed by atoms with Crippen LogP contribution in [0.3, 0.4) is 0 Å². The van der Waals surface area contributed by atoms with E-state index in [1.165, 1.54) is 24.3 Å². The molecule has 0 bridgehead atoms. The summed E-state index contributed by atoms with van der Waals surface area (Å²) in [6, 6.07) is 9.10. The third-order valence-corrected chi connectivity index (χ3v) is 2.57. The molecule has 0 aromatic heterocycles. The van der Waals surface area contributed by atoms with Gasteiger partial charge in [-0.1, -0.05) is 0 Å². The first-order valence-corrected chi connectivity index (χ1v) is 5.50. The predicted octanol–water partition coefficient (Wildman–Crippen LogP) is 2.88. The van der Waals surface area contributed by atoms with Crippen LogP contribution in [0, 0.1) is 21.1 Å². The molecule has 2 aromatic rings. The van der Waals surface area contributed by atoms with Gasteiger partial charge in [0.2, 0.25) is 5.91 Å². The summed E-state index contributed by atoms with van der Waals surface area (Å²) in [7, 11) is 0. The van der Waals surface area contributed by atoms with Crippen molar-refractivity contribution >= 4 is 17.3 Å². The van der Waals surface area contributed by atoms with Crippen molar-refractivity contribution < 1.29 is 34.5 Å². The van der Waals surface area contributed by atoms with E-state index in [2.05, 4.69) is 0 Å². The number of carbonyl (C=O) groups excluding carboxylic acids is 1. The van der Waals surface area contributed by atoms with E-state index in [-0.39, 0.29) is 42.4 Å². The predicted molar refractivity (Wildman–Crippen MR) is 69.7 cm³/mol. The van der Waals surface area contributed by atoms with Gasteiger partial charge in [0, 0.05) is 43.8 Å². The standard InChI is InChI=1S/C13H8FN2O4.Pd/c14-10-3-7-11(8-4-10)15(18)13(17)9-1-5-12(6-2-9)16(19)20;/h1-8H;/q-1;. The molecule has 2 rings (SSSR count). The Kier molecular flexibility index (Phi) is 5.67. The number of benzene rings is 2. The van der Waals surface area contributed by atoms with Gasteiger partial charge in [0.15, 0.2) is 0 Å². The van der Waals surface area contributed by atoms with Crippen molar-refractivity contribution in [1.29, 1.82) is 0 Å². The molecule has 8 heteroatoms. The molecule has 0 saturated carbocycles. The third-order valence-electron chi connectivity index (χ3n) is 2.57. The number of nitro groups is 1. The quantitative estimate of drug-likeness (QED) is 0.465. The topological polar surface area (TPSA) is 86.5 Å². The van der Waals surface area contributed by atoms with Gasteiger partial charge in [-0.05, 0) is 36.4 Å². The Morgan fingerprint density at radius 3 is 2.05 bits per heavy atom. The van der Waals surface area contributed by atoms with Crippen LogP contribution in [0.5, 0.6) is 0 Å². The maximum Gasteiger partial charge on any atom is 0.269 e. The van der Waals surface area contributed by atoms with Crippen molar-refractivity contribution in [3.05, 3.63) is 75.2 Å². The zero-order valence-corrected chi connectivity index (χ0v) is 11.9. The second-order valence-corrected chi connectivity index (χ2v) is 3.88. The molecule has 0 aliphatic carbocycles. The summed E-state index contributed by atoms with van der Waals surface area (Å²) in [5, 5.41) is 22.4. The van der Waals surface area contributed by atoms with Crippen LogP contribution in [-0.4, -0.2) is 10.8 Å². The van der Waals surface area contributed by atoms with Crippen molar-refractivity contribution in [2.45, 2.75) is 0 Å². The summed E-state index contributed by atoms with van der Waals surface area (Å²) in [6.45, 7) is 0. The first kappa shape index (κ1) is 16.9. The number of amides is 1. The van der Waals surface area contributed by atoms with Crippen LogP contribution in [0.15, 0.2) is 48.5 Å². The molecule has 0 atom stereocenters. The Labute approximate surface area is 132 Å². The molecule has 1 amide bonds. The van der Waals surface area contributed by atoms with Crippen LogP contribution in [-0.2, 0) is 20.4 Å². The van der Waals surface area contributed by atoms with Crippen LogP contribution in [0.25, 0.3) is 0 Å². The van der Waals surface area contributed by atoms with Gasteiger partial charge in [-0.15, -0.1) is 0 Å². The summed E-state index contributed by atoms with van der Waals surface area (Å²) in [6.07, 6.45) is 0. The monoisotopic (exact) mass is 381 g/mol. The number of nitro benzene ring substituents is 1. The van der Waals surface area contributed by atoms with Gasteiger partial charge in [-0.2, -0.15) is 0 Å². The van der Waals surface area contributed by atoms with Crippen LogP contribution < -0.4 is 5.06 Å². The molecule has 0 aliphatic heterocycles. The zero-order valence-electron chi connectivity index (χ0n) is 10.3. The number of carbonyl (C=O) groups is 1. The van der Waals surface area contributed by atoms with Gasteiger partial charge in [-0.3, -0.25) is 14.9 Å². The molecule has 0 saturated heterocycles. The molecule has 0 spiro atoms. The molecule has 112 valence electrons. The van der Waals surface area contributed by atoms with Crippen molar-refractivity contribution in [3.63, 3.8) is 0 Å². The molecule has 0 N–H and O–H groups in total. The first-order chi connectivity index (χ1) is 9.49. The maximum absolute atomic E-state index is 12.7. The summed E-state index contributed by atoms with van der Waals surface area (Å²) in [4.78, 5) is 21.7. The second-order valence-electron chi connectivity index (χ2n) is 3.88. The number of rotatable bonds is 3. The van der Waals surface area contributed by atoms with Crippen LogP contribution in [0.2, 0.25) is 0 Å². The van der Waals surface area contributed by atoms with E-state index in [1.807, 2.05) is 0 Å².